The molecule has 2 unspecified atom stereocenters. The molecule has 6 nitrogen and oxygen atoms in total. The lowest BCUT2D eigenvalue weighted by atomic mass is 9.87. The number of anilines is 1. The predicted molar refractivity (Wildman–Crippen MR) is 115 cm³/mol. The molecule has 0 radical (unpaired) electrons. The van der Waals surface area contributed by atoms with Crippen LogP contribution in [0.5, 0.6) is 5.75 Å². The zero-order valence-electron chi connectivity index (χ0n) is 17.5. The minimum absolute atomic E-state index is 0.0796. The summed E-state index contributed by atoms with van der Waals surface area (Å²) >= 11 is 0. The van der Waals surface area contributed by atoms with Crippen molar-refractivity contribution >= 4 is 17.6 Å². The molecule has 0 bridgehead atoms. The average molecular weight is 406 g/mol. The highest BCUT2D eigenvalue weighted by molar-refractivity contribution is 5.93. The van der Waals surface area contributed by atoms with Gasteiger partial charge < -0.3 is 19.7 Å². The number of ether oxygens (including phenoxy) is 2. The first kappa shape index (κ1) is 20.0. The topological polar surface area (TPSA) is 67.9 Å². The molecular weight excluding hydrogens is 380 g/mol. The minimum Gasteiger partial charge on any atom is -0.497 e. The standard InChI is InChI=1S/C24H26N2O4/c1-4-30-24(28)21-14-26(15(2)27)12-11-19-20-13-17(7-10-22(20)25-23(19)21)16-5-8-18(29-3)9-6-16/h5-10,13-14,19,23,25H,4,11-12H2,1-3H3. The summed E-state index contributed by atoms with van der Waals surface area (Å²) in [5.41, 5.74) is 4.88. The minimum atomic E-state index is -0.378. The maximum absolute atomic E-state index is 12.7. The molecule has 0 aromatic heterocycles. The number of esters is 1. The highest BCUT2D eigenvalue weighted by atomic mass is 16.5. The molecule has 1 N–H and O–H groups in total. The molecule has 0 saturated heterocycles. The summed E-state index contributed by atoms with van der Waals surface area (Å²) in [5.74, 6) is 0.442. The van der Waals surface area contributed by atoms with Crippen molar-refractivity contribution in [1.29, 1.82) is 0 Å². The monoisotopic (exact) mass is 406 g/mol. The van der Waals surface area contributed by atoms with Crippen molar-refractivity contribution in [3.05, 3.63) is 59.8 Å². The number of amides is 1. The predicted octanol–water partition coefficient (Wildman–Crippen LogP) is 3.94. The van der Waals surface area contributed by atoms with E-state index in [0.717, 1.165) is 34.5 Å². The van der Waals surface area contributed by atoms with E-state index < -0.39 is 0 Å². The largest absolute Gasteiger partial charge is 0.497 e. The first-order valence-electron chi connectivity index (χ1n) is 10.2. The smallest absolute Gasteiger partial charge is 0.337 e. The van der Waals surface area contributed by atoms with Crippen LogP contribution in [0.25, 0.3) is 11.1 Å². The van der Waals surface area contributed by atoms with Gasteiger partial charge in [0, 0.05) is 31.3 Å². The molecule has 2 aliphatic heterocycles. The van der Waals surface area contributed by atoms with Gasteiger partial charge in [-0.25, -0.2) is 4.79 Å². The molecule has 2 aromatic carbocycles. The molecule has 1 amide bonds. The summed E-state index contributed by atoms with van der Waals surface area (Å²) in [6.07, 6.45) is 2.42. The molecular formula is C24H26N2O4. The Morgan fingerprint density at radius 2 is 1.87 bits per heavy atom. The van der Waals surface area contributed by atoms with Gasteiger partial charge in [0.1, 0.15) is 5.75 Å². The number of fused-ring (bicyclic) bond motifs is 3. The molecule has 2 atom stereocenters. The summed E-state index contributed by atoms with van der Waals surface area (Å²) in [5, 5.41) is 3.50. The van der Waals surface area contributed by atoms with E-state index in [1.54, 1.807) is 25.1 Å². The van der Waals surface area contributed by atoms with Gasteiger partial charge in [-0.15, -0.1) is 0 Å². The molecule has 2 aromatic rings. The van der Waals surface area contributed by atoms with Crippen LogP contribution in [0, 0.1) is 0 Å². The van der Waals surface area contributed by atoms with E-state index in [2.05, 4.69) is 23.5 Å². The van der Waals surface area contributed by atoms with Gasteiger partial charge >= 0.3 is 5.97 Å². The molecule has 2 heterocycles. The molecule has 4 rings (SSSR count). The van der Waals surface area contributed by atoms with Crippen LogP contribution in [0.3, 0.4) is 0 Å². The fourth-order valence-corrected chi connectivity index (χ4v) is 4.26. The number of hydrogen-bond donors (Lipinski definition) is 1. The molecule has 156 valence electrons. The highest BCUT2D eigenvalue weighted by Gasteiger charge is 2.40. The van der Waals surface area contributed by atoms with Crippen LogP contribution in [-0.2, 0) is 14.3 Å². The molecule has 30 heavy (non-hydrogen) atoms. The van der Waals surface area contributed by atoms with E-state index in [9.17, 15) is 9.59 Å². The second-order valence-electron chi connectivity index (χ2n) is 7.57. The van der Waals surface area contributed by atoms with Gasteiger partial charge in [0.15, 0.2) is 0 Å². The second-order valence-corrected chi connectivity index (χ2v) is 7.57. The lowest BCUT2D eigenvalue weighted by Gasteiger charge is -2.19. The van der Waals surface area contributed by atoms with E-state index >= 15 is 0 Å². The number of methoxy groups -OCH3 is 1. The summed E-state index contributed by atoms with van der Waals surface area (Å²) in [6.45, 7) is 4.16. The van der Waals surface area contributed by atoms with Gasteiger partial charge in [-0.2, -0.15) is 0 Å². The van der Waals surface area contributed by atoms with Crippen molar-refractivity contribution in [2.75, 3.05) is 25.6 Å². The van der Waals surface area contributed by atoms with Crippen molar-refractivity contribution in [3.63, 3.8) is 0 Å². The number of benzene rings is 2. The van der Waals surface area contributed by atoms with Crippen LogP contribution < -0.4 is 10.1 Å². The average Bonchev–Trinajstić information content (AvgIpc) is 2.99. The van der Waals surface area contributed by atoms with E-state index in [1.165, 1.54) is 6.92 Å². The van der Waals surface area contributed by atoms with Crippen LogP contribution in [-0.4, -0.2) is 43.1 Å². The first-order chi connectivity index (χ1) is 14.5. The Kier molecular flexibility index (Phi) is 5.48. The van der Waals surface area contributed by atoms with Crippen molar-refractivity contribution in [2.45, 2.75) is 32.2 Å². The van der Waals surface area contributed by atoms with E-state index in [1.807, 2.05) is 24.3 Å². The Bertz CT molecular complexity index is 997. The Morgan fingerprint density at radius 1 is 1.13 bits per heavy atom. The van der Waals surface area contributed by atoms with Crippen LogP contribution in [0.2, 0.25) is 0 Å². The zero-order chi connectivity index (χ0) is 21.3. The van der Waals surface area contributed by atoms with Crippen molar-refractivity contribution < 1.29 is 19.1 Å². The molecule has 0 fully saturated rings. The van der Waals surface area contributed by atoms with Crippen LogP contribution in [0.4, 0.5) is 5.69 Å². The normalized spacial score (nSPS) is 19.7. The molecule has 0 saturated carbocycles. The summed E-state index contributed by atoms with van der Waals surface area (Å²) < 4.78 is 10.5. The van der Waals surface area contributed by atoms with Gasteiger partial charge in [-0.3, -0.25) is 4.79 Å². The van der Waals surface area contributed by atoms with Gasteiger partial charge in [-0.1, -0.05) is 18.2 Å². The highest BCUT2D eigenvalue weighted by Crippen LogP contribution is 2.44. The second kappa shape index (κ2) is 8.22. The zero-order valence-corrected chi connectivity index (χ0v) is 17.5. The molecule has 6 heteroatoms. The number of hydrogen-bond acceptors (Lipinski definition) is 5. The van der Waals surface area contributed by atoms with Gasteiger partial charge in [-0.05, 0) is 54.3 Å². The number of carbonyl (C=O) groups is 2. The van der Waals surface area contributed by atoms with E-state index in [0.29, 0.717) is 18.7 Å². The maximum atomic E-state index is 12.7. The number of nitrogens with one attached hydrogen (secondary N) is 1. The Morgan fingerprint density at radius 3 is 2.53 bits per heavy atom. The maximum Gasteiger partial charge on any atom is 0.337 e. The lowest BCUT2D eigenvalue weighted by Crippen LogP contribution is -2.28. The molecule has 2 aliphatic rings. The number of rotatable bonds is 4. The lowest BCUT2D eigenvalue weighted by molar-refractivity contribution is -0.138. The summed E-state index contributed by atoms with van der Waals surface area (Å²) in [6, 6.07) is 14.1. The third kappa shape index (κ3) is 3.65. The molecule has 0 spiro atoms. The SMILES string of the molecule is CCOC(=O)C1=CN(C(C)=O)CCC2c3cc(-c4ccc(OC)cc4)ccc3NC12. The first-order valence-corrected chi connectivity index (χ1v) is 10.2. The summed E-state index contributed by atoms with van der Waals surface area (Å²) in [7, 11) is 1.65. The van der Waals surface area contributed by atoms with Gasteiger partial charge in [0.2, 0.25) is 5.91 Å². The fourth-order valence-electron chi connectivity index (χ4n) is 4.26. The third-order valence-corrected chi connectivity index (χ3v) is 5.81. The number of carbonyl (C=O) groups excluding carboxylic acids is 2. The van der Waals surface area contributed by atoms with E-state index in [-0.39, 0.29) is 23.8 Å². The van der Waals surface area contributed by atoms with Crippen LogP contribution in [0.1, 0.15) is 31.7 Å². The van der Waals surface area contributed by atoms with Crippen molar-refractivity contribution in [1.82, 2.24) is 4.90 Å². The number of nitrogens with zero attached hydrogens (tertiary/aromatic N) is 1. The summed E-state index contributed by atoms with van der Waals surface area (Å²) in [4.78, 5) is 26.3. The third-order valence-electron chi connectivity index (χ3n) is 5.81. The van der Waals surface area contributed by atoms with Gasteiger partial charge in [0.05, 0.1) is 25.3 Å². The Hall–Kier alpha value is -3.28. The van der Waals surface area contributed by atoms with Crippen LogP contribution in [0.15, 0.2) is 54.2 Å². The van der Waals surface area contributed by atoms with Gasteiger partial charge in [0.25, 0.3) is 0 Å². The van der Waals surface area contributed by atoms with E-state index in [4.69, 9.17) is 9.47 Å². The van der Waals surface area contributed by atoms with Crippen molar-refractivity contribution in [3.8, 4) is 16.9 Å². The molecule has 0 aliphatic carbocycles. The quantitative estimate of drug-likeness (QED) is 0.779. The Balaban J connectivity index is 1.70. The van der Waals surface area contributed by atoms with Crippen molar-refractivity contribution in [2.24, 2.45) is 0 Å². The van der Waals surface area contributed by atoms with Crippen LogP contribution >= 0.6 is 0 Å². The fraction of sp³-hybridized carbons (Fsp3) is 0.333. The Labute approximate surface area is 176 Å².